The van der Waals surface area contributed by atoms with Crippen molar-refractivity contribution in [2.75, 3.05) is 7.11 Å². The number of hydrazine groups is 1. The maximum Gasteiger partial charge on any atom is 0.137 e. The highest BCUT2D eigenvalue weighted by molar-refractivity contribution is 5.27. The molecule has 1 aliphatic rings. The summed E-state index contributed by atoms with van der Waals surface area (Å²) in [5, 5.41) is 0. The number of hydrogen-bond donors (Lipinski definition) is 2. The van der Waals surface area contributed by atoms with Crippen LogP contribution in [0.15, 0.2) is 18.5 Å². The van der Waals surface area contributed by atoms with Gasteiger partial charge in [0, 0.05) is 12.1 Å². The van der Waals surface area contributed by atoms with Crippen LogP contribution in [0.4, 0.5) is 0 Å². The van der Waals surface area contributed by atoms with Gasteiger partial charge in [0.25, 0.3) is 0 Å². The van der Waals surface area contributed by atoms with Crippen molar-refractivity contribution in [2.24, 2.45) is 17.7 Å². The Morgan fingerprint density at radius 3 is 2.58 bits per heavy atom. The molecule has 1 aliphatic heterocycles. The molecule has 5 atom stereocenters. The van der Waals surface area contributed by atoms with Crippen LogP contribution in [0.25, 0.3) is 0 Å². The number of pyridine rings is 1. The Morgan fingerprint density at radius 1 is 1.32 bits per heavy atom. The van der Waals surface area contributed by atoms with Crippen LogP contribution in [0, 0.1) is 11.8 Å². The number of rotatable bonds is 4. The molecule has 0 radical (unpaired) electrons. The van der Waals surface area contributed by atoms with Gasteiger partial charge in [-0.3, -0.25) is 16.3 Å². The SMILES string of the molecule is COc1cncc(C(NN)C2C(C)OC(C)C2C)c1. The summed E-state index contributed by atoms with van der Waals surface area (Å²) in [6, 6.07) is 1.98. The molecule has 1 aromatic heterocycles. The molecule has 1 saturated heterocycles. The molecule has 19 heavy (non-hydrogen) atoms. The van der Waals surface area contributed by atoms with Crippen molar-refractivity contribution in [1.29, 1.82) is 0 Å². The summed E-state index contributed by atoms with van der Waals surface area (Å²) in [7, 11) is 1.64. The molecular formula is C14H23N3O2. The van der Waals surface area contributed by atoms with Gasteiger partial charge < -0.3 is 9.47 Å². The van der Waals surface area contributed by atoms with Gasteiger partial charge in [-0.2, -0.15) is 0 Å². The number of nitrogens with zero attached hydrogens (tertiary/aromatic N) is 1. The summed E-state index contributed by atoms with van der Waals surface area (Å²) in [4.78, 5) is 4.20. The van der Waals surface area contributed by atoms with Crippen LogP contribution in [0.3, 0.4) is 0 Å². The van der Waals surface area contributed by atoms with Crippen LogP contribution in [0.5, 0.6) is 5.75 Å². The molecule has 1 aromatic rings. The Kier molecular flexibility index (Phi) is 4.39. The van der Waals surface area contributed by atoms with E-state index < -0.39 is 0 Å². The Balaban J connectivity index is 2.28. The van der Waals surface area contributed by atoms with Gasteiger partial charge in [0.1, 0.15) is 5.75 Å². The molecule has 0 aromatic carbocycles. The largest absolute Gasteiger partial charge is 0.495 e. The third-order valence-electron chi connectivity index (χ3n) is 4.21. The van der Waals surface area contributed by atoms with E-state index in [1.54, 1.807) is 13.3 Å². The molecule has 5 unspecified atom stereocenters. The van der Waals surface area contributed by atoms with Crippen LogP contribution in [-0.2, 0) is 4.74 Å². The zero-order valence-corrected chi connectivity index (χ0v) is 12.0. The molecule has 5 heteroatoms. The second kappa shape index (κ2) is 5.86. The summed E-state index contributed by atoms with van der Waals surface area (Å²) < 4.78 is 11.1. The summed E-state index contributed by atoms with van der Waals surface area (Å²) in [5.74, 6) is 7.26. The van der Waals surface area contributed by atoms with Crippen LogP contribution in [0.2, 0.25) is 0 Å². The van der Waals surface area contributed by atoms with Gasteiger partial charge in [-0.15, -0.1) is 0 Å². The van der Waals surface area contributed by atoms with E-state index in [0.29, 0.717) is 11.8 Å². The van der Waals surface area contributed by atoms with Crippen LogP contribution >= 0.6 is 0 Å². The lowest BCUT2D eigenvalue weighted by molar-refractivity contribution is 0.0474. The molecule has 5 nitrogen and oxygen atoms in total. The van der Waals surface area contributed by atoms with Gasteiger partial charge in [0.15, 0.2) is 0 Å². The van der Waals surface area contributed by atoms with Gasteiger partial charge in [0.05, 0.1) is 31.6 Å². The Bertz CT molecular complexity index is 427. The predicted molar refractivity (Wildman–Crippen MR) is 73.5 cm³/mol. The fourth-order valence-electron chi connectivity index (χ4n) is 3.02. The second-order valence-electron chi connectivity index (χ2n) is 5.29. The zero-order chi connectivity index (χ0) is 14.0. The van der Waals surface area contributed by atoms with Crippen LogP contribution in [0.1, 0.15) is 32.4 Å². The van der Waals surface area contributed by atoms with Crippen molar-refractivity contribution in [2.45, 2.75) is 39.0 Å². The van der Waals surface area contributed by atoms with Crippen LogP contribution < -0.4 is 16.0 Å². The van der Waals surface area contributed by atoms with E-state index in [9.17, 15) is 0 Å². The smallest absolute Gasteiger partial charge is 0.137 e. The minimum absolute atomic E-state index is 0.0116. The van der Waals surface area contributed by atoms with Gasteiger partial charge in [-0.25, -0.2) is 0 Å². The minimum Gasteiger partial charge on any atom is -0.495 e. The Hall–Kier alpha value is -1.17. The van der Waals surface area contributed by atoms with Gasteiger partial charge >= 0.3 is 0 Å². The first kappa shape index (κ1) is 14.2. The minimum atomic E-state index is 0.0116. The van der Waals surface area contributed by atoms with Crippen molar-refractivity contribution in [1.82, 2.24) is 10.4 Å². The zero-order valence-electron chi connectivity index (χ0n) is 12.0. The quantitative estimate of drug-likeness (QED) is 0.640. The molecule has 0 saturated carbocycles. The van der Waals surface area contributed by atoms with E-state index >= 15 is 0 Å². The van der Waals surface area contributed by atoms with E-state index in [-0.39, 0.29) is 18.2 Å². The third kappa shape index (κ3) is 2.73. The standard InChI is InChI=1S/C14H23N3O2/c1-8-9(2)19-10(3)13(8)14(17-15)11-5-12(18-4)7-16-6-11/h5-10,13-14,17H,15H2,1-4H3. The molecule has 2 heterocycles. The number of methoxy groups -OCH3 is 1. The molecule has 1 fully saturated rings. The van der Waals surface area contributed by atoms with Crippen molar-refractivity contribution >= 4 is 0 Å². The first-order valence-corrected chi connectivity index (χ1v) is 6.69. The first-order valence-electron chi connectivity index (χ1n) is 6.69. The van der Waals surface area contributed by atoms with Crippen molar-refractivity contribution in [3.05, 3.63) is 24.0 Å². The normalized spacial score (nSPS) is 32.3. The number of hydrogen-bond acceptors (Lipinski definition) is 5. The lowest BCUT2D eigenvalue weighted by atomic mass is 9.81. The molecule has 2 rings (SSSR count). The van der Waals surface area contributed by atoms with E-state index in [1.165, 1.54) is 0 Å². The topological polar surface area (TPSA) is 69.4 Å². The molecule has 0 spiro atoms. The lowest BCUT2D eigenvalue weighted by Crippen LogP contribution is -2.38. The Morgan fingerprint density at radius 2 is 2.05 bits per heavy atom. The summed E-state index contributed by atoms with van der Waals surface area (Å²) in [5.41, 5.74) is 3.95. The number of aromatic nitrogens is 1. The van der Waals surface area contributed by atoms with Gasteiger partial charge in [-0.05, 0) is 31.4 Å². The fourth-order valence-corrected chi connectivity index (χ4v) is 3.02. The highest BCUT2D eigenvalue weighted by atomic mass is 16.5. The van der Waals surface area contributed by atoms with Crippen LogP contribution in [-0.4, -0.2) is 24.3 Å². The number of nitrogens with one attached hydrogen (secondary N) is 1. The molecule has 0 amide bonds. The maximum absolute atomic E-state index is 5.90. The van der Waals surface area contributed by atoms with Crippen molar-refractivity contribution in [3.8, 4) is 5.75 Å². The van der Waals surface area contributed by atoms with Crippen molar-refractivity contribution in [3.63, 3.8) is 0 Å². The molecule has 3 N–H and O–H groups in total. The average molecular weight is 265 g/mol. The fraction of sp³-hybridized carbons (Fsp3) is 0.643. The molecule has 106 valence electrons. The number of nitrogens with two attached hydrogens (primary N) is 1. The average Bonchev–Trinajstić information content (AvgIpc) is 2.66. The summed E-state index contributed by atoms with van der Waals surface area (Å²) >= 11 is 0. The highest BCUT2D eigenvalue weighted by Crippen LogP contribution is 2.40. The second-order valence-corrected chi connectivity index (χ2v) is 5.29. The third-order valence-corrected chi connectivity index (χ3v) is 4.21. The van der Waals surface area contributed by atoms with E-state index in [0.717, 1.165) is 11.3 Å². The Labute approximate surface area is 114 Å². The predicted octanol–water partition coefficient (Wildman–Crippen LogP) is 1.65. The van der Waals surface area contributed by atoms with E-state index in [1.807, 2.05) is 12.3 Å². The lowest BCUT2D eigenvalue weighted by Gasteiger charge is -2.28. The summed E-state index contributed by atoms with van der Waals surface area (Å²) in [6.07, 6.45) is 3.93. The maximum atomic E-state index is 5.90. The van der Waals surface area contributed by atoms with Crippen molar-refractivity contribution < 1.29 is 9.47 Å². The number of ether oxygens (including phenoxy) is 2. The van der Waals surface area contributed by atoms with Gasteiger partial charge in [-0.1, -0.05) is 6.92 Å². The summed E-state index contributed by atoms with van der Waals surface area (Å²) in [6.45, 7) is 6.41. The van der Waals surface area contributed by atoms with E-state index in [4.69, 9.17) is 15.3 Å². The van der Waals surface area contributed by atoms with E-state index in [2.05, 4.69) is 31.2 Å². The molecular weight excluding hydrogens is 242 g/mol. The molecule has 0 aliphatic carbocycles. The first-order chi connectivity index (χ1) is 9.08. The van der Waals surface area contributed by atoms with Gasteiger partial charge in [0.2, 0.25) is 0 Å². The molecule has 0 bridgehead atoms. The highest BCUT2D eigenvalue weighted by Gasteiger charge is 2.42. The monoisotopic (exact) mass is 265 g/mol.